The van der Waals surface area contributed by atoms with E-state index in [-0.39, 0.29) is 0 Å². The van der Waals surface area contributed by atoms with Crippen molar-refractivity contribution >= 4 is 12.6 Å². The van der Waals surface area contributed by atoms with Crippen molar-refractivity contribution in [2.45, 2.75) is 33.6 Å². The lowest BCUT2D eigenvalue weighted by molar-refractivity contribution is 1.13. The smallest absolute Gasteiger partial charge is 0.00942 e. The van der Waals surface area contributed by atoms with Gasteiger partial charge >= 0.3 is 0 Å². The summed E-state index contributed by atoms with van der Waals surface area (Å²) in [5, 5.41) is 1.87. The van der Waals surface area contributed by atoms with Crippen LogP contribution in [0.2, 0.25) is 0 Å². The molecule has 0 bridgehead atoms. The van der Waals surface area contributed by atoms with E-state index in [4.69, 9.17) is 0 Å². The van der Waals surface area contributed by atoms with Gasteiger partial charge in [-0.1, -0.05) is 51.2 Å². The average molecular weight is 208 g/mol. The van der Waals surface area contributed by atoms with Crippen molar-refractivity contribution < 1.29 is 0 Å². The summed E-state index contributed by atoms with van der Waals surface area (Å²) < 4.78 is 0. The molecule has 0 heterocycles. The largest absolute Gasteiger partial charge is 0.151 e. The summed E-state index contributed by atoms with van der Waals surface area (Å²) in [5.74, 6) is 0. The minimum Gasteiger partial charge on any atom is -0.151 e. The second-order valence-corrected chi connectivity index (χ2v) is 3.03. The summed E-state index contributed by atoms with van der Waals surface area (Å²) in [4.78, 5) is 0. The van der Waals surface area contributed by atoms with Crippen LogP contribution >= 0.6 is 12.6 Å². The van der Waals surface area contributed by atoms with Crippen molar-refractivity contribution in [3.05, 3.63) is 46.9 Å². The molecule has 0 radical (unpaired) electrons. The molecule has 0 aromatic carbocycles. The molecule has 0 N–H and O–H groups in total. The minimum atomic E-state index is 1.04. The molecule has 0 saturated carbocycles. The van der Waals surface area contributed by atoms with Crippen LogP contribution < -0.4 is 0 Å². The Bertz CT molecular complexity index is 254. The highest BCUT2D eigenvalue weighted by atomic mass is 32.1. The molecule has 0 aromatic heterocycles. The van der Waals surface area contributed by atoms with E-state index in [1.165, 1.54) is 11.1 Å². The van der Waals surface area contributed by atoms with E-state index in [0.29, 0.717) is 0 Å². The van der Waals surface area contributed by atoms with Gasteiger partial charge in [-0.05, 0) is 29.4 Å². The number of hydrogen-bond acceptors (Lipinski definition) is 1. The first-order valence-corrected chi connectivity index (χ1v) is 5.75. The number of allylic oxidation sites excluding steroid dienone is 7. The van der Waals surface area contributed by atoms with E-state index in [1.807, 2.05) is 19.3 Å². The van der Waals surface area contributed by atoms with Gasteiger partial charge in [0.2, 0.25) is 0 Å². The Morgan fingerprint density at radius 1 is 1.43 bits per heavy atom. The highest BCUT2D eigenvalue weighted by Gasteiger charge is 1.94. The van der Waals surface area contributed by atoms with E-state index >= 15 is 0 Å². The predicted octanol–water partition coefficient (Wildman–Crippen LogP) is 4.68. The summed E-state index contributed by atoms with van der Waals surface area (Å²) in [6, 6.07) is 0. The van der Waals surface area contributed by atoms with Gasteiger partial charge in [-0.15, -0.1) is 0 Å². The topological polar surface area (TPSA) is 0 Å². The Labute approximate surface area is 93.5 Å². The summed E-state index contributed by atoms with van der Waals surface area (Å²) in [6.45, 7) is 6.14. The van der Waals surface area contributed by atoms with Gasteiger partial charge in [-0.3, -0.25) is 0 Å². The van der Waals surface area contributed by atoms with Gasteiger partial charge < -0.3 is 0 Å². The molecule has 0 atom stereocenters. The van der Waals surface area contributed by atoms with Crippen LogP contribution in [0.25, 0.3) is 0 Å². The first-order chi connectivity index (χ1) is 6.86. The molecule has 0 spiro atoms. The molecule has 0 aliphatic heterocycles. The Hall–Kier alpha value is -0.690. The lowest BCUT2D eigenvalue weighted by Gasteiger charge is -2.02. The Morgan fingerprint density at radius 2 is 2.14 bits per heavy atom. The normalized spacial score (nSPS) is 18.0. The molecule has 0 unspecified atom stereocenters. The van der Waals surface area contributed by atoms with Crippen molar-refractivity contribution in [1.82, 2.24) is 0 Å². The van der Waals surface area contributed by atoms with Crippen LogP contribution in [-0.4, -0.2) is 0 Å². The average Bonchev–Trinajstić information content (AvgIpc) is 2.30. The monoisotopic (exact) mass is 208 g/mol. The first-order valence-electron chi connectivity index (χ1n) is 5.24. The van der Waals surface area contributed by atoms with Crippen molar-refractivity contribution in [2.24, 2.45) is 0 Å². The molecule has 0 amide bonds. The summed E-state index contributed by atoms with van der Waals surface area (Å²) >= 11 is 4.15. The highest BCUT2D eigenvalue weighted by Crippen LogP contribution is 2.15. The predicted molar refractivity (Wildman–Crippen MR) is 69.7 cm³/mol. The first kappa shape index (κ1) is 13.3. The number of hydrogen-bond donors (Lipinski definition) is 1. The van der Waals surface area contributed by atoms with Crippen LogP contribution in [0, 0.1) is 0 Å². The molecule has 78 valence electrons. The van der Waals surface area contributed by atoms with Crippen LogP contribution in [0.4, 0.5) is 0 Å². The molecular formula is C13H20S. The minimum absolute atomic E-state index is 1.04. The van der Waals surface area contributed by atoms with E-state index in [2.05, 4.69) is 49.9 Å². The lowest BCUT2D eigenvalue weighted by Crippen LogP contribution is -1.82. The molecule has 0 saturated heterocycles. The van der Waals surface area contributed by atoms with E-state index in [0.717, 1.165) is 12.8 Å². The molecule has 1 rings (SSSR count). The Balaban J connectivity index is 0.000000791. The van der Waals surface area contributed by atoms with Gasteiger partial charge in [0, 0.05) is 0 Å². The standard InChI is InChI=1S/C11H14S.C2H6/c1-2-10(9-12)8-11-6-4-3-5-7-11;1-2/h3-6,8-9,12H,2,7H2,1H3;1-2H3/b10-9-,11-8-;. The van der Waals surface area contributed by atoms with Crippen molar-refractivity contribution in [3.8, 4) is 0 Å². The van der Waals surface area contributed by atoms with Crippen molar-refractivity contribution in [2.75, 3.05) is 0 Å². The third-order valence-corrected chi connectivity index (χ3v) is 2.19. The maximum atomic E-state index is 4.15. The van der Waals surface area contributed by atoms with E-state index < -0.39 is 0 Å². The lowest BCUT2D eigenvalue weighted by atomic mass is 10.0. The second-order valence-electron chi connectivity index (χ2n) is 2.77. The maximum absolute atomic E-state index is 4.15. The third-order valence-electron chi connectivity index (χ3n) is 1.86. The molecule has 1 aliphatic rings. The third kappa shape index (κ3) is 5.13. The zero-order chi connectivity index (χ0) is 10.8. The Kier molecular flexibility index (Phi) is 8.45. The molecule has 1 aliphatic carbocycles. The molecule has 0 nitrogen and oxygen atoms in total. The molecular weight excluding hydrogens is 188 g/mol. The van der Waals surface area contributed by atoms with Gasteiger partial charge in [0.05, 0.1) is 0 Å². The number of rotatable bonds is 2. The molecule has 14 heavy (non-hydrogen) atoms. The highest BCUT2D eigenvalue weighted by molar-refractivity contribution is 7.83. The fourth-order valence-corrected chi connectivity index (χ4v) is 1.36. The van der Waals surface area contributed by atoms with Crippen molar-refractivity contribution in [3.63, 3.8) is 0 Å². The van der Waals surface area contributed by atoms with Crippen LogP contribution in [0.1, 0.15) is 33.6 Å². The zero-order valence-electron chi connectivity index (χ0n) is 9.33. The zero-order valence-corrected chi connectivity index (χ0v) is 10.2. The van der Waals surface area contributed by atoms with Crippen LogP contribution in [0.5, 0.6) is 0 Å². The fraction of sp³-hybridized carbons (Fsp3) is 0.385. The van der Waals surface area contributed by atoms with Gasteiger partial charge in [-0.2, -0.15) is 12.6 Å². The van der Waals surface area contributed by atoms with Gasteiger partial charge in [0.25, 0.3) is 0 Å². The summed E-state index contributed by atoms with van der Waals surface area (Å²) in [7, 11) is 0. The molecule has 0 fully saturated rings. The van der Waals surface area contributed by atoms with Gasteiger partial charge in [0.1, 0.15) is 0 Å². The van der Waals surface area contributed by atoms with Crippen molar-refractivity contribution in [1.29, 1.82) is 0 Å². The Morgan fingerprint density at radius 3 is 2.57 bits per heavy atom. The van der Waals surface area contributed by atoms with E-state index in [1.54, 1.807) is 0 Å². The summed E-state index contributed by atoms with van der Waals surface area (Å²) in [6.07, 6.45) is 12.7. The van der Waals surface area contributed by atoms with E-state index in [9.17, 15) is 0 Å². The maximum Gasteiger partial charge on any atom is -0.00942 e. The van der Waals surface area contributed by atoms with Crippen LogP contribution in [0.15, 0.2) is 46.9 Å². The molecule has 0 aromatic rings. The van der Waals surface area contributed by atoms with Gasteiger partial charge in [0.15, 0.2) is 0 Å². The van der Waals surface area contributed by atoms with Gasteiger partial charge in [-0.25, -0.2) is 0 Å². The number of thiol groups is 1. The quantitative estimate of drug-likeness (QED) is 0.626. The van der Waals surface area contributed by atoms with Crippen LogP contribution in [-0.2, 0) is 0 Å². The SMILES string of the molecule is CC.CCC(=C/S)/C=C1/C=CC=CC1. The van der Waals surface area contributed by atoms with Crippen LogP contribution in [0.3, 0.4) is 0 Å². The second kappa shape index (κ2) is 8.89. The molecule has 1 heteroatoms. The fourth-order valence-electron chi connectivity index (χ4n) is 1.11. The summed E-state index contributed by atoms with van der Waals surface area (Å²) in [5.41, 5.74) is 2.65.